The van der Waals surface area contributed by atoms with E-state index >= 15 is 0 Å². The molecule has 0 radical (unpaired) electrons. The van der Waals surface area contributed by atoms with Crippen LogP contribution in [-0.4, -0.2) is 29.0 Å². The Morgan fingerprint density at radius 1 is 1.48 bits per heavy atom. The Bertz CT molecular complexity index is 702. The van der Waals surface area contributed by atoms with Crippen molar-refractivity contribution in [3.8, 4) is 5.75 Å². The largest absolute Gasteiger partial charge is 0.496 e. The number of ether oxygens (including phenoxy) is 1. The number of hydrogen-bond acceptors (Lipinski definition) is 4. The third-order valence-electron chi connectivity index (χ3n) is 3.37. The Kier molecular flexibility index (Phi) is 3.95. The first-order valence-corrected chi connectivity index (χ1v) is 8.24. The van der Waals surface area contributed by atoms with Gasteiger partial charge in [0, 0.05) is 11.3 Å². The van der Waals surface area contributed by atoms with Crippen molar-refractivity contribution < 1.29 is 9.53 Å². The van der Waals surface area contributed by atoms with Gasteiger partial charge in [0.15, 0.2) is 5.82 Å². The van der Waals surface area contributed by atoms with E-state index in [4.69, 9.17) is 4.74 Å². The lowest BCUT2D eigenvalue weighted by molar-refractivity contribution is -0.113. The molecule has 3 rings (SSSR count). The van der Waals surface area contributed by atoms with E-state index in [0.29, 0.717) is 11.6 Å². The Labute approximate surface area is 135 Å². The van der Waals surface area contributed by atoms with Crippen molar-refractivity contribution >= 4 is 39.4 Å². The zero-order valence-corrected chi connectivity index (χ0v) is 14.0. The minimum Gasteiger partial charge on any atom is -0.496 e. The number of nitrogens with zero attached hydrogens (tertiary/aromatic N) is 1. The van der Waals surface area contributed by atoms with E-state index in [1.165, 1.54) is 0 Å². The third-order valence-corrected chi connectivity index (χ3v) is 5.26. The summed E-state index contributed by atoms with van der Waals surface area (Å²) in [6.07, 6.45) is 0. The van der Waals surface area contributed by atoms with Gasteiger partial charge in [-0.15, -0.1) is 11.8 Å². The van der Waals surface area contributed by atoms with Crippen LogP contribution in [0.1, 0.15) is 22.1 Å². The van der Waals surface area contributed by atoms with Gasteiger partial charge >= 0.3 is 0 Å². The zero-order valence-electron chi connectivity index (χ0n) is 11.6. The Balaban J connectivity index is 2.07. The minimum atomic E-state index is -0.0252. The van der Waals surface area contributed by atoms with E-state index in [9.17, 15) is 4.79 Å². The van der Waals surface area contributed by atoms with Gasteiger partial charge in [-0.2, -0.15) is 5.10 Å². The molecule has 1 amide bonds. The van der Waals surface area contributed by atoms with Gasteiger partial charge in [-0.1, -0.05) is 6.07 Å². The predicted octanol–water partition coefficient (Wildman–Crippen LogP) is 3.26. The van der Waals surface area contributed by atoms with Gasteiger partial charge in [0.25, 0.3) is 0 Å². The van der Waals surface area contributed by atoms with Crippen LogP contribution in [0.2, 0.25) is 0 Å². The summed E-state index contributed by atoms with van der Waals surface area (Å²) in [5.74, 6) is 1.79. The summed E-state index contributed by atoms with van der Waals surface area (Å²) >= 11 is 5.11. The summed E-state index contributed by atoms with van der Waals surface area (Å²) in [6.45, 7) is 1.97. The number of halogens is 1. The first kappa shape index (κ1) is 14.5. The molecule has 1 atom stereocenters. The number of carbonyl (C=O) groups is 1. The maximum absolute atomic E-state index is 11.8. The highest BCUT2D eigenvalue weighted by atomic mass is 79.9. The molecule has 2 N–H and O–H groups in total. The van der Waals surface area contributed by atoms with Gasteiger partial charge in [0.1, 0.15) is 5.75 Å². The summed E-state index contributed by atoms with van der Waals surface area (Å²) in [4.78, 5) is 11.8. The SMILES string of the molecule is COc1ccc([C@H]2SCC(=O)Nc3n[nH]c(C)c32)cc1Br. The normalized spacial score (nSPS) is 17.9. The van der Waals surface area contributed by atoms with Gasteiger partial charge < -0.3 is 10.1 Å². The van der Waals surface area contributed by atoms with Crippen molar-refractivity contribution in [1.29, 1.82) is 0 Å². The molecule has 5 nitrogen and oxygen atoms in total. The van der Waals surface area contributed by atoms with E-state index in [1.807, 2.05) is 25.1 Å². The van der Waals surface area contributed by atoms with Crippen LogP contribution in [-0.2, 0) is 4.79 Å². The second-order valence-electron chi connectivity index (χ2n) is 4.74. The second kappa shape index (κ2) is 5.73. The number of hydrogen-bond donors (Lipinski definition) is 2. The molecular weight excluding hydrogens is 354 g/mol. The molecule has 0 unspecified atom stereocenters. The fraction of sp³-hybridized carbons (Fsp3) is 0.286. The number of H-pyrrole nitrogens is 1. The fourth-order valence-corrected chi connectivity index (χ4v) is 4.12. The highest BCUT2D eigenvalue weighted by molar-refractivity contribution is 9.10. The van der Waals surface area contributed by atoms with Gasteiger partial charge in [-0.3, -0.25) is 9.89 Å². The van der Waals surface area contributed by atoms with Gasteiger partial charge in [0.05, 0.1) is 22.6 Å². The average Bonchev–Trinajstić information content (AvgIpc) is 2.72. The molecular formula is C14H14BrN3O2S. The summed E-state index contributed by atoms with van der Waals surface area (Å²) < 4.78 is 6.17. The van der Waals surface area contributed by atoms with Crippen molar-refractivity contribution in [3.63, 3.8) is 0 Å². The van der Waals surface area contributed by atoms with Gasteiger partial charge in [0.2, 0.25) is 5.91 Å². The van der Waals surface area contributed by atoms with Crippen molar-refractivity contribution in [1.82, 2.24) is 10.2 Å². The summed E-state index contributed by atoms with van der Waals surface area (Å²) in [6, 6.07) is 5.98. The standard InChI is InChI=1S/C14H14BrN3O2S/c1-7-12-13(8-3-4-10(20-2)9(15)5-8)21-6-11(19)16-14(12)18-17-7/h3-5,13H,6H2,1-2H3,(H2,16,17,18,19)/t13-/m1/s1. The van der Waals surface area contributed by atoms with E-state index < -0.39 is 0 Å². The molecule has 110 valence electrons. The molecule has 0 saturated carbocycles. The molecule has 1 aliphatic heterocycles. The second-order valence-corrected chi connectivity index (χ2v) is 6.69. The molecule has 1 aromatic heterocycles. The van der Waals surface area contributed by atoms with E-state index in [1.54, 1.807) is 18.9 Å². The van der Waals surface area contributed by atoms with Crippen LogP contribution >= 0.6 is 27.7 Å². The third kappa shape index (κ3) is 2.67. The van der Waals surface area contributed by atoms with Crippen LogP contribution in [0.3, 0.4) is 0 Å². The monoisotopic (exact) mass is 367 g/mol. The zero-order chi connectivity index (χ0) is 15.0. The molecule has 1 aliphatic rings. The first-order valence-electron chi connectivity index (χ1n) is 6.40. The highest BCUT2D eigenvalue weighted by Gasteiger charge is 2.28. The number of aryl methyl sites for hydroxylation is 1. The number of aromatic amines is 1. The molecule has 2 heterocycles. The summed E-state index contributed by atoms with van der Waals surface area (Å²) in [5, 5.41) is 10.0. The van der Waals surface area contributed by atoms with Crippen LogP contribution in [0.25, 0.3) is 0 Å². The summed E-state index contributed by atoms with van der Waals surface area (Å²) in [7, 11) is 1.64. The van der Waals surface area contributed by atoms with Crippen LogP contribution in [0, 0.1) is 6.92 Å². The number of aromatic nitrogens is 2. The van der Waals surface area contributed by atoms with Gasteiger partial charge in [-0.05, 0) is 40.5 Å². The topological polar surface area (TPSA) is 67.0 Å². The quantitative estimate of drug-likeness (QED) is 0.854. The van der Waals surface area contributed by atoms with Gasteiger partial charge in [-0.25, -0.2) is 0 Å². The van der Waals surface area contributed by atoms with Crippen molar-refractivity contribution in [2.45, 2.75) is 12.2 Å². The number of carbonyl (C=O) groups excluding carboxylic acids is 1. The molecule has 7 heteroatoms. The number of benzene rings is 1. The molecule has 0 aliphatic carbocycles. The lowest BCUT2D eigenvalue weighted by Gasteiger charge is -2.16. The molecule has 0 saturated heterocycles. The Morgan fingerprint density at radius 3 is 3.00 bits per heavy atom. The maximum Gasteiger partial charge on any atom is 0.235 e. The molecule has 1 aromatic carbocycles. The average molecular weight is 368 g/mol. The number of nitrogens with one attached hydrogen (secondary N) is 2. The molecule has 0 bridgehead atoms. The lowest BCUT2D eigenvalue weighted by Crippen LogP contribution is -2.12. The van der Waals surface area contributed by atoms with E-state index in [0.717, 1.165) is 27.0 Å². The number of methoxy groups -OCH3 is 1. The van der Waals surface area contributed by atoms with Crippen LogP contribution in [0.4, 0.5) is 5.82 Å². The number of thioether (sulfide) groups is 1. The fourth-order valence-electron chi connectivity index (χ4n) is 2.37. The van der Waals surface area contributed by atoms with Crippen molar-refractivity contribution in [2.75, 3.05) is 18.2 Å². The molecule has 0 fully saturated rings. The minimum absolute atomic E-state index is 0.0252. The number of rotatable bonds is 2. The number of fused-ring (bicyclic) bond motifs is 1. The Hall–Kier alpha value is -1.47. The predicted molar refractivity (Wildman–Crippen MR) is 86.9 cm³/mol. The van der Waals surface area contributed by atoms with Crippen LogP contribution < -0.4 is 10.1 Å². The molecule has 2 aromatic rings. The van der Waals surface area contributed by atoms with Crippen LogP contribution in [0.5, 0.6) is 5.75 Å². The van der Waals surface area contributed by atoms with Crippen LogP contribution in [0.15, 0.2) is 22.7 Å². The Morgan fingerprint density at radius 2 is 2.29 bits per heavy atom. The number of anilines is 1. The number of amides is 1. The summed E-state index contributed by atoms with van der Waals surface area (Å²) in [5.41, 5.74) is 3.11. The molecule has 0 spiro atoms. The first-order chi connectivity index (χ1) is 10.1. The van der Waals surface area contributed by atoms with Crippen molar-refractivity contribution in [2.24, 2.45) is 0 Å². The molecule has 21 heavy (non-hydrogen) atoms. The maximum atomic E-state index is 11.8. The van der Waals surface area contributed by atoms with Crippen molar-refractivity contribution in [3.05, 3.63) is 39.5 Å². The van der Waals surface area contributed by atoms with E-state index in [2.05, 4.69) is 31.4 Å². The smallest absolute Gasteiger partial charge is 0.235 e. The highest BCUT2D eigenvalue weighted by Crippen LogP contribution is 2.43. The lowest BCUT2D eigenvalue weighted by atomic mass is 10.0. The van der Waals surface area contributed by atoms with E-state index in [-0.39, 0.29) is 11.2 Å².